The summed E-state index contributed by atoms with van der Waals surface area (Å²) in [7, 11) is -1.22. The Labute approximate surface area is 275 Å². The van der Waals surface area contributed by atoms with E-state index in [2.05, 4.69) is 31.8 Å². The van der Waals surface area contributed by atoms with Gasteiger partial charge in [0.25, 0.3) is 0 Å². The number of carbonyl (C=O) groups excluding carboxylic acids is 1. The molecule has 0 bridgehead atoms. The number of anilines is 3. The van der Waals surface area contributed by atoms with Crippen molar-refractivity contribution in [2.24, 2.45) is 7.05 Å². The molecule has 6 rings (SSSR count). The Morgan fingerprint density at radius 1 is 1.00 bits per heavy atom. The fourth-order valence-electron chi connectivity index (χ4n) is 6.31. The second-order valence-corrected chi connectivity index (χ2v) is 14.5. The van der Waals surface area contributed by atoms with Gasteiger partial charge in [-0.1, -0.05) is 42.5 Å². The number of rotatable bonds is 8. The molecule has 244 valence electrons. The number of aryl methyl sites for hydroxylation is 1. The van der Waals surface area contributed by atoms with Crippen molar-refractivity contribution in [3.05, 3.63) is 84.3 Å². The molecule has 2 fully saturated rings. The molecule has 13 heteroatoms. The lowest BCUT2D eigenvalue weighted by Crippen LogP contribution is -2.48. The molecular weight excluding hydrogens is 615 g/mol. The molecule has 0 atom stereocenters. The normalized spacial score (nSPS) is 19.3. The minimum Gasteiger partial charge on any atom is -0.354 e. The van der Waals surface area contributed by atoms with E-state index in [9.17, 15) is 18.5 Å². The van der Waals surface area contributed by atoms with Gasteiger partial charge in [-0.3, -0.25) is 9.58 Å². The first-order valence-electron chi connectivity index (χ1n) is 16.0. The van der Waals surface area contributed by atoms with Crippen molar-refractivity contribution in [1.29, 1.82) is 5.26 Å². The van der Waals surface area contributed by atoms with Gasteiger partial charge in [-0.15, -0.1) is 0 Å². The van der Waals surface area contributed by atoms with Gasteiger partial charge in [0.1, 0.15) is 11.6 Å². The second kappa shape index (κ2) is 14.2. The van der Waals surface area contributed by atoms with E-state index in [1.54, 1.807) is 4.68 Å². The lowest BCUT2D eigenvalue weighted by atomic mass is 9.90. The van der Waals surface area contributed by atoms with Crippen LogP contribution in [0.3, 0.4) is 0 Å². The Hall–Kier alpha value is -4.96. The zero-order chi connectivity index (χ0) is 32.8. The highest BCUT2D eigenvalue weighted by atomic mass is 32.2. The number of urea groups is 1. The Morgan fingerprint density at radius 2 is 1.77 bits per heavy atom. The maximum Gasteiger partial charge on any atom is 0.322 e. The van der Waals surface area contributed by atoms with Crippen LogP contribution in [-0.4, -0.2) is 70.9 Å². The molecule has 1 aliphatic carbocycles. The first-order chi connectivity index (χ1) is 22.8. The van der Waals surface area contributed by atoms with Crippen LogP contribution >= 0.6 is 0 Å². The van der Waals surface area contributed by atoms with E-state index >= 15 is 0 Å². The molecule has 2 aromatic heterocycles. The van der Waals surface area contributed by atoms with Crippen molar-refractivity contribution in [2.45, 2.75) is 50.7 Å². The van der Waals surface area contributed by atoms with E-state index in [0.717, 1.165) is 48.1 Å². The number of sulfone groups is 1. The van der Waals surface area contributed by atoms with Gasteiger partial charge in [0.2, 0.25) is 5.95 Å². The quantitative estimate of drug-likeness (QED) is 0.280. The highest BCUT2D eigenvalue weighted by Crippen LogP contribution is 2.31. The van der Waals surface area contributed by atoms with Gasteiger partial charge >= 0.3 is 6.03 Å². The van der Waals surface area contributed by atoms with Gasteiger partial charge in [-0.2, -0.15) is 15.3 Å². The highest BCUT2D eigenvalue weighted by Gasteiger charge is 2.31. The third-order valence-electron chi connectivity index (χ3n) is 8.83. The molecule has 0 spiro atoms. The first-order valence-corrected chi connectivity index (χ1v) is 17.8. The first kappa shape index (κ1) is 32.0. The number of nitrogens with zero attached hydrogens (tertiary/aromatic N) is 7. The van der Waals surface area contributed by atoms with Crippen LogP contribution < -0.4 is 20.4 Å². The number of hydrogen-bond donors (Lipinski definition) is 2. The van der Waals surface area contributed by atoms with Crippen LogP contribution in [0.4, 0.5) is 22.2 Å². The topological polar surface area (TPSA) is 149 Å². The number of benzene rings is 2. The number of aromatic nitrogens is 4. The van der Waals surface area contributed by atoms with Gasteiger partial charge in [0, 0.05) is 56.2 Å². The van der Waals surface area contributed by atoms with Gasteiger partial charge in [0.05, 0.1) is 23.9 Å². The standard InChI is InChI=1S/C34H39N9O3S/c1-41-24-28(23-38-41)26-8-12-30(13-9-26)43(34(44)37-21-25-6-3-2-4-7-25)31-14-10-29(11-15-31)39-33-36-22-27(20-35)32(40-33)42-16-5-18-47(45,46)19-17-42/h2-4,6-9,12-13,22-24,29,31H,5,10-11,14-19,21H2,1H3,(H,37,44)(H,36,39,40). The minimum absolute atomic E-state index is 0.00967. The Bertz CT molecular complexity index is 1830. The molecule has 1 aliphatic heterocycles. The largest absolute Gasteiger partial charge is 0.354 e. The summed E-state index contributed by atoms with van der Waals surface area (Å²) in [6.45, 7) is 1.24. The lowest BCUT2D eigenvalue weighted by Gasteiger charge is -2.37. The van der Waals surface area contributed by atoms with Crippen LogP contribution in [0.1, 0.15) is 43.2 Å². The van der Waals surface area contributed by atoms with Gasteiger partial charge in [-0.25, -0.2) is 18.2 Å². The molecule has 1 saturated carbocycles. The zero-order valence-electron chi connectivity index (χ0n) is 26.4. The van der Waals surface area contributed by atoms with E-state index in [1.807, 2.05) is 83.8 Å². The fourth-order valence-corrected chi connectivity index (χ4v) is 7.58. The fraction of sp³-hybridized carbons (Fsp3) is 0.382. The summed E-state index contributed by atoms with van der Waals surface area (Å²) in [5, 5.41) is 20.5. The molecule has 4 aromatic rings. The molecule has 12 nitrogen and oxygen atoms in total. The summed E-state index contributed by atoms with van der Waals surface area (Å²) in [5.74, 6) is 1.06. The molecule has 1 saturated heterocycles. The number of carbonyl (C=O) groups is 1. The van der Waals surface area contributed by atoms with Crippen molar-refractivity contribution in [2.75, 3.05) is 39.7 Å². The lowest BCUT2D eigenvalue weighted by molar-refractivity contribution is 0.240. The van der Waals surface area contributed by atoms with Crippen molar-refractivity contribution in [3.8, 4) is 17.2 Å². The predicted molar refractivity (Wildman–Crippen MR) is 182 cm³/mol. The van der Waals surface area contributed by atoms with Crippen LogP contribution in [-0.2, 0) is 23.4 Å². The van der Waals surface area contributed by atoms with Gasteiger partial charge < -0.3 is 15.5 Å². The SMILES string of the molecule is Cn1cc(-c2ccc(N(C(=O)NCc3ccccc3)C3CCC(Nc4ncc(C#N)c(N5CCCS(=O)(=O)CC5)n4)CC3)cc2)cn1. The van der Waals surface area contributed by atoms with Crippen molar-refractivity contribution in [1.82, 2.24) is 25.1 Å². The minimum atomic E-state index is -3.10. The zero-order valence-corrected chi connectivity index (χ0v) is 27.2. The molecule has 2 aromatic carbocycles. The predicted octanol–water partition coefficient (Wildman–Crippen LogP) is 4.51. The van der Waals surface area contributed by atoms with E-state index < -0.39 is 9.84 Å². The van der Waals surface area contributed by atoms with E-state index in [4.69, 9.17) is 0 Å². The Morgan fingerprint density at radius 3 is 2.47 bits per heavy atom. The molecule has 47 heavy (non-hydrogen) atoms. The summed E-state index contributed by atoms with van der Waals surface area (Å²) in [4.78, 5) is 26.6. The maximum atomic E-state index is 13.8. The van der Waals surface area contributed by atoms with Crippen LogP contribution in [0.2, 0.25) is 0 Å². The van der Waals surface area contributed by atoms with Crippen molar-refractivity contribution < 1.29 is 13.2 Å². The highest BCUT2D eigenvalue weighted by molar-refractivity contribution is 7.91. The molecule has 2 amide bonds. The van der Waals surface area contributed by atoms with E-state index in [0.29, 0.717) is 43.4 Å². The summed E-state index contributed by atoms with van der Waals surface area (Å²) in [6, 6.07) is 20.0. The average Bonchev–Trinajstić information content (AvgIpc) is 3.44. The van der Waals surface area contributed by atoms with Gasteiger partial charge in [-0.05, 0) is 55.4 Å². The molecular formula is C34H39N9O3S. The molecule has 3 heterocycles. The number of hydrogen-bond acceptors (Lipinski definition) is 9. The van der Waals surface area contributed by atoms with Gasteiger partial charge in [0.15, 0.2) is 15.7 Å². The van der Waals surface area contributed by atoms with Crippen LogP contribution in [0, 0.1) is 11.3 Å². The molecule has 0 radical (unpaired) electrons. The Kier molecular flexibility index (Phi) is 9.68. The molecule has 2 aliphatic rings. The summed E-state index contributed by atoms with van der Waals surface area (Å²) in [6.07, 6.45) is 8.92. The van der Waals surface area contributed by atoms with E-state index in [1.165, 1.54) is 6.20 Å². The van der Waals surface area contributed by atoms with E-state index in [-0.39, 0.29) is 29.6 Å². The third-order valence-corrected chi connectivity index (χ3v) is 10.5. The number of nitriles is 1. The summed E-state index contributed by atoms with van der Waals surface area (Å²) < 4.78 is 26.1. The second-order valence-electron chi connectivity index (χ2n) is 12.1. The molecule has 2 N–H and O–H groups in total. The van der Waals surface area contributed by atoms with Crippen LogP contribution in [0.15, 0.2) is 73.2 Å². The summed E-state index contributed by atoms with van der Waals surface area (Å²) in [5.41, 5.74) is 4.23. The van der Waals surface area contributed by atoms with Crippen LogP contribution in [0.5, 0.6) is 0 Å². The number of nitrogens with one attached hydrogen (secondary N) is 2. The molecule has 0 unspecified atom stereocenters. The maximum absolute atomic E-state index is 13.8. The van der Waals surface area contributed by atoms with Crippen LogP contribution in [0.25, 0.3) is 11.1 Å². The average molecular weight is 654 g/mol. The monoisotopic (exact) mass is 653 g/mol. The van der Waals surface area contributed by atoms with Crippen molar-refractivity contribution >= 4 is 33.3 Å². The Balaban J connectivity index is 1.15. The smallest absolute Gasteiger partial charge is 0.322 e. The summed E-state index contributed by atoms with van der Waals surface area (Å²) >= 11 is 0. The third kappa shape index (κ3) is 7.89. The van der Waals surface area contributed by atoms with Crippen molar-refractivity contribution in [3.63, 3.8) is 0 Å². The number of amides is 2.